The van der Waals surface area contributed by atoms with Crippen LogP contribution in [0.15, 0.2) is 18.2 Å². The number of alkyl halides is 4. The normalized spacial score (nSPS) is 19.7. The molecule has 2 aromatic heterocycles. The number of nitrogen functional groups attached to an aromatic ring is 1. The number of methoxy groups -OCH3 is 2. The van der Waals surface area contributed by atoms with Gasteiger partial charge < -0.3 is 25.4 Å². The summed E-state index contributed by atoms with van der Waals surface area (Å²) < 4.78 is 95.0. The van der Waals surface area contributed by atoms with Crippen molar-refractivity contribution in [1.82, 2.24) is 19.8 Å². The molecule has 3 unspecified atom stereocenters. The van der Waals surface area contributed by atoms with Gasteiger partial charge in [-0.3, -0.25) is 9.69 Å². The number of thiophene rings is 1. The van der Waals surface area contributed by atoms with Crippen LogP contribution in [0.3, 0.4) is 0 Å². The minimum atomic E-state index is -5.00. The minimum absolute atomic E-state index is 0.0444. The molecule has 3 saturated heterocycles. The van der Waals surface area contributed by atoms with Crippen LogP contribution in [0.2, 0.25) is 0 Å². The Morgan fingerprint density at radius 2 is 1.91 bits per heavy atom. The molecular weight excluding hydrogens is 724 g/mol. The molecule has 5 heterocycles. The molecule has 7 rings (SSSR count). The number of carbonyl (C=O) groups excluding carboxylic acids is 1. The summed E-state index contributed by atoms with van der Waals surface area (Å²) in [5.74, 6) is -2.03. The van der Waals surface area contributed by atoms with E-state index in [4.69, 9.17) is 15.2 Å². The van der Waals surface area contributed by atoms with Gasteiger partial charge in [0.1, 0.15) is 41.0 Å². The van der Waals surface area contributed by atoms with Crippen molar-refractivity contribution in [2.75, 3.05) is 58.1 Å². The van der Waals surface area contributed by atoms with E-state index in [9.17, 15) is 32.0 Å². The number of rotatable bonds is 6. The summed E-state index contributed by atoms with van der Waals surface area (Å²) in [4.78, 5) is 23.3. The fourth-order valence-electron chi connectivity index (χ4n) is 7.13. The fourth-order valence-corrected chi connectivity index (χ4v) is 8.08. The average Bonchev–Trinajstić information content (AvgIpc) is 3.89. The van der Waals surface area contributed by atoms with Gasteiger partial charge in [-0.1, -0.05) is 6.07 Å². The number of ether oxygens (including phenoxy) is 2. The molecule has 1 amide bonds. The van der Waals surface area contributed by atoms with Crippen LogP contribution in [-0.2, 0) is 15.7 Å². The van der Waals surface area contributed by atoms with Crippen molar-refractivity contribution in [1.29, 1.82) is 5.26 Å². The van der Waals surface area contributed by atoms with Gasteiger partial charge in [0.15, 0.2) is 5.82 Å². The zero-order valence-electron chi connectivity index (χ0n) is 29.7. The van der Waals surface area contributed by atoms with Crippen molar-refractivity contribution in [3.05, 3.63) is 41.0 Å². The van der Waals surface area contributed by atoms with Gasteiger partial charge in [0.05, 0.1) is 22.9 Å². The number of nitrogens with zero attached hydrogens (tertiary/aromatic N) is 5. The Morgan fingerprint density at radius 3 is 2.51 bits per heavy atom. The largest absolute Gasteiger partial charge is 0.467 e. The summed E-state index contributed by atoms with van der Waals surface area (Å²) in [7, 11) is 2.79. The van der Waals surface area contributed by atoms with Gasteiger partial charge in [0.2, 0.25) is 5.91 Å². The van der Waals surface area contributed by atoms with Crippen LogP contribution < -0.4 is 15.8 Å². The molecule has 10 nitrogen and oxygen atoms in total. The van der Waals surface area contributed by atoms with Crippen LogP contribution in [-0.4, -0.2) is 90.9 Å². The lowest BCUT2D eigenvalue weighted by Gasteiger charge is -2.20. The highest BCUT2D eigenvalue weighted by Gasteiger charge is 2.38. The Morgan fingerprint density at radius 1 is 1.17 bits per heavy atom. The predicted octanol–water partition coefficient (Wildman–Crippen LogP) is 7.54. The predicted molar refractivity (Wildman–Crippen MR) is 192 cm³/mol. The fraction of sp³-hybridized carbons (Fsp3) is 0.500. The molecule has 3 fully saturated rings. The highest BCUT2D eigenvalue weighted by atomic mass is 32.1. The van der Waals surface area contributed by atoms with Crippen molar-refractivity contribution < 1.29 is 40.6 Å². The number of aromatic nitrogens is 2. The number of hydrogen-bond donors (Lipinski definition) is 2. The number of carbonyl (C=O) groups is 1. The quantitative estimate of drug-likeness (QED) is 0.191. The first-order chi connectivity index (χ1) is 25.2. The molecule has 53 heavy (non-hydrogen) atoms. The summed E-state index contributed by atoms with van der Waals surface area (Å²) in [6.45, 7) is 7.05. The molecule has 0 spiro atoms. The van der Waals surface area contributed by atoms with E-state index in [1.807, 2.05) is 4.90 Å². The Bertz CT molecular complexity index is 1990. The molecule has 0 radical (unpaired) electrons. The van der Waals surface area contributed by atoms with Gasteiger partial charge in [-0.25, -0.2) is 13.2 Å². The molecule has 3 N–H and O–H groups in total. The maximum atomic E-state index is 15.9. The molecule has 3 aliphatic heterocycles. The van der Waals surface area contributed by atoms with Crippen LogP contribution in [0.4, 0.5) is 37.2 Å². The first-order valence-electron chi connectivity index (χ1n) is 17.2. The van der Waals surface area contributed by atoms with Gasteiger partial charge in [-0.2, -0.15) is 28.4 Å². The first-order valence-corrected chi connectivity index (χ1v) is 18.0. The molecule has 286 valence electrons. The van der Waals surface area contributed by atoms with Gasteiger partial charge in [-0.15, -0.1) is 11.3 Å². The summed E-state index contributed by atoms with van der Waals surface area (Å²) in [6.07, 6.45) is 0.0857. The summed E-state index contributed by atoms with van der Waals surface area (Å²) in [5.41, 5.74) is 2.59. The van der Waals surface area contributed by atoms with Crippen molar-refractivity contribution in [2.24, 2.45) is 0 Å². The van der Waals surface area contributed by atoms with E-state index < -0.39 is 40.6 Å². The summed E-state index contributed by atoms with van der Waals surface area (Å²) in [5, 5.41) is 11.8. The van der Waals surface area contributed by atoms with Gasteiger partial charge in [-0.05, 0) is 70.2 Å². The van der Waals surface area contributed by atoms with Crippen molar-refractivity contribution >= 4 is 49.1 Å². The smallest absolute Gasteiger partial charge is 0.417 e. The number of nitrogens with two attached hydrogens (primary N) is 1. The standard InChI is InChI=1S/C21H14F5N5OS.C8H15NO2.C7H12FN/c1-3-29-19-9-6-11(21(24,25)26)14(15(23)16(9)30-20(31-19)32-2)8-4-5-12(22)17-13(8)10(7-27)18(28)33-17;1-7-4-3-5-9(7)8(10)6-11-2;8-6-4-7-2-1-3-9(7)5-6/h4-6H,3,28H2,1-2H3,(H,29,30,31);7H,3-6H2,1-2H3;6-7H,1-5H2. The van der Waals surface area contributed by atoms with Crippen LogP contribution in [0, 0.1) is 23.0 Å². The van der Waals surface area contributed by atoms with E-state index >= 15 is 4.39 Å². The second-order valence-electron chi connectivity index (χ2n) is 13.0. The third-order valence-corrected chi connectivity index (χ3v) is 10.6. The number of benzene rings is 2. The maximum absolute atomic E-state index is 15.9. The number of halogens is 6. The first kappa shape index (κ1) is 39.8. The third kappa shape index (κ3) is 8.39. The number of hydrogen-bond acceptors (Lipinski definition) is 10. The number of anilines is 2. The number of fused-ring (bicyclic) bond motifs is 3. The minimum Gasteiger partial charge on any atom is -0.467 e. The van der Waals surface area contributed by atoms with Crippen LogP contribution >= 0.6 is 11.3 Å². The second kappa shape index (κ2) is 16.7. The lowest BCUT2D eigenvalue weighted by molar-refractivity contribution is -0.137. The monoisotopic (exact) mass is 765 g/mol. The Hall–Kier alpha value is -4.40. The van der Waals surface area contributed by atoms with Crippen molar-refractivity contribution in [2.45, 2.75) is 70.4 Å². The topological polar surface area (TPSA) is 130 Å². The zero-order chi connectivity index (χ0) is 38.6. The molecule has 0 saturated carbocycles. The van der Waals surface area contributed by atoms with E-state index in [1.165, 1.54) is 20.0 Å². The van der Waals surface area contributed by atoms with Gasteiger partial charge in [0, 0.05) is 55.2 Å². The summed E-state index contributed by atoms with van der Waals surface area (Å²) >= 11 is 0.698. The highest BCUT2D eigenvalue weighted by Crippen LogP contribution is 2.47. The van der Waals surface area contributed by atoms with Crippen LogP contribution in [0.5, 0.6) is 6.01 Å². The molecule has 4 aromatic rings. The van der Waals surface area contributed by atoms with E-state index in [0.29, 0.717) is 30.0 Å². The second-order valence-corrected chi connectivity index (χ2v) is 14.0. The number of nitriles is 1. The van der Waals surface area contributed by atoms with E-state index in [1.54, 1.807) is 20.1 Å². The molecule has 3 aliphatic rings. The Labute approximate surface area is 306 Å². The van der Waals surface area contributed by atoms with Gasteiger partial charge in [0.25, 0.3) is 0 Å². The van der Waals surface area contributed by atoms with Crippen LogP contribution in [0.1, 0.15) is 57.1 Å². The lowest BCUT2D eigenvalue weighted by Crippen LogP contribution is -2.36. The number of nitrogens with one attached hydrogen (secondary N) is 1. The molecule has 0 bridgehead atoms. The van der Waals surface area contributed by atoms with Crippen LogP contribution in [0.25, 0.3) is 32.1 Å². The SMILES string of the molecule is CCNc1nc(OC)nc2c(F)c(-c3ccc(F)c4sc(N)c(C#N)c34)c(C(F)(F)F)cc12.COCC(=O)N1CCCC1C.FC1CC2CCCN2C1. The molecule has 0 aliphatic carbocycles. The van der Waals surface area contributed by atoms with E-state index in [-0.39, 0.29) is 62.5 Å². The number of amides is 1. The van der Waals surface area contributed by atoms with Gasteiger partial charge >= 0.3 is 12.2 Å². The highest BCUT2D eigenvalue weighted by molar-refractivity contribution is 7.23. The van der Waals surface area contributed by atoms with Crippen molar-refractivity contribution in [3.8, 4) is 23.2 Å². The van der Waals surface area contributed by atoms with E-state index in [0.717, 1.165) is 50.6 Å². The molecule has 3 atom stereocenters. The molecule has 17 heteroatoms. The molecular formula is C36H41F6N7O3S. The third-order valence-electron chi connectivity index (χ3n) is 9.54. The number of likely N-dealkylation sites (tertiary alicyclic amines) is 1. The van der Waals surface area contributed by atoms with Crippen molar-refractivity contribution in [3.63, 3.8) is 0 Å². The Balaban J connectivity index is 0.000000217. The Kier molecular flexibility index (Phi) is 12.6. The maximum Gasteiger partial charge on any atom is 0.417 e. The zero-order valence-corrected chi connectivity index (χ0v) is 30.6. The average molecular weight is 766 g/mol. The lowest BCUT2D eigenvalue weighted by atomic mass is 9.92. The van der Waals surface area contributed by atoms with E-state index in [2.05, 4.69) is 27.1 Å². The molecule has 2 aromatic carbocycles. The summed E-state index contributed by atoms with van der Waals surface area (Å²) in [6, 6.07) is 5.16.